The van der Waals surface area contributed by atoms with Gasteiger partial charge in [0.15, 0.2) is 11.7 Å². The van der Waals surface area contributed by atoms with Gasteiger partial charge in [-0.2, -0.15) is 5.10 Å². The predicted molar refractivity (Wildman–Crippen MR) is 49.5 cm³/mol. The van der Waals surface area contributed by atoms with Crippen LogP contribution in [-0.2, 0) is 6.54 Å². The highest BCUT2D eigenvalue weighted by atomic mass is 16.5. The number of rotatable bonds is 4. The van der Waals surface area contributed by atoms with E-state index in [0.717, 1.165) is 5.75 Å². The zero-order chi connectivity index (χ0) is 9.68. The molecule has 0 saturated carbocycles. The Kier molecular flexibility index (Phi) is 3.13. The lowest BCUT2D eigenvalue weighted by atomic mass is 10.6. The van der Waals surface area contributed by atoms with Crippen molar-refractivity contribution in [2.24, 2.45) is 16.5 Å². The zero-order valence-corrected chi connectivity index (χ0v) is 7.47. The molecule has 6 heteroatoms. The van der Waals surface area contributed by atoms with Crippen molar-refractivity contribution in [1.29, 1.82) is 0 Å². The van der Waals surface area contributed by atoms with Gasteiger partial charge in [-0.05, 0) is 0 Å². The molecule has 1 aromatic rings. The van der Waals surface area contributed by atoms with Crippen molar-refractivity contribution in [2.45, 2.75) is 6.54 Å². The van der Waals surface area contributed by atoms with E-state index in [2.05, 4.69) is 10.1 Å². The molecule has 0 aliphatic carbocycles. The summed E-state index contributed by atoms with van der Waals surface area (Å²) < 4.78 is 6.67. The fourth-order valence-electron chi connectivity index (χ4n) is 0.854. The van der Waals surface area contributed by atoms with E-state index in [1.165, 1.54) is 0 Å². The molecule has 72 valence electrons. The van der Waals surface area contributed by atoms with Gasteiger partial charge in [-0.25, -0.2) is 0 Å². The maximum Gasteiger partial charge on any atom is 0.185 e. The Labute approximate surface area is 76.2 Å². The van der Waals surface area contributed by atoms with Crippen LogP contribution in [0.3, 0.4) is 0 Å². The van der Waals surface area contributed by atoms with Crippen LogP contribution < -0.4 is 16.2 Å². The molecule has 0 aliphatic heterocycles. The second-order valence-electron chi connectivity index (χ2n) is 2.45. The molecule has 0 unspecified atom stereocenters. The quantitative estimate of drug-likeness (QED) is 0.470. The first kappa shape index (κ1) is 9.37. The van der Waals surface area contributed by atoms with E-state index < -0.39 is 0 Å². The number of guanidine groups is 1. The van der Waals surface area contributed by atoms with Crippen LogP contribution in [0.25, 0.3) is 0 Å². The summed E-state index contributed by atoms with van der Waals surface area (Å²) in [6.07, 6.45) is 3.41. The molecule has 1 rings (SSSR count). The van der Waals surface area contributed by atoms with Gasteiger partial charge in [0.25, 0.3) is 0 Å². The Balaban J connectivity index is 2.41. The molecule has 0 bridgehead atoms. The van der Waals surface area contributed by atoms with E-state index in [1.807, 2.05) is 0 Å². The molecule has 0 atom stereocenters. The summed E-state index contributed by atoms with van der Waals surface area (Å²) in [5, 5.41) is 4.02. The van der Waals surface area contributed by atoms with Gasteiger partial charge in [0.1, 0.15) is 0 Å². The summed E-state index contributed by atoms with van der Waals surface area (Å²) in [6, 6.07) is 0. The van der Waals surface area contributed by atoms with Crippen LogP contribution in [0.5, 0.6) is 5.75 Å². The average Bonchev–Trinajstić information content (AvgIpc) is 2.52. The number of ether oxygens (including phenoxy) is 1. The Morgan fingerprint density at radius 2 is 2.46 bits per heavy atom. The van der Waals surface area contributed by atoms with Gasteiger partial charge in [0.05, 0.1) is 32.6 Å². The third-order valence-corrected chi connectivity index (χ3v) is 1.47. The number of hydrogen-bond donors (Lipinski definition) is 2. The maximum atomic E-state index is 5.16. The third kappa shape index (κ3) is 3.02. The second kappa shape index (κ2) is 4.34. The Morgan fingerprint density at radius 1 is 1.69 bits per heavy atom. The van der Waals surface area contributed by atoms with Crippen LogP contribution in [0.1, 0.15) is 0 Å². The van der Waals surface area contributed by atoms with E-state index in [-0.39, 0.29) is 5.96 Å². The van der Waals surface area contributed by atoms with Crippen LogP contribution >= 0.6 is 0 Å². The minimum atomic E-state index is 0.0964. The first-order valence-corrected chi connectivity index (χ1v) is 3.84. The highest BCUT2D eigenvalue weighted by Gasteiger charge is 1.95. The lowest BCUT2D eigenvalue weighted by molar-refractivity contribution is 0.414. The molecule has 4 N–H and O–H groups in total. The van der Waals surface area contributed by atoms with Gasteiger partial charge >= 0.3 is 0 Å². The number of nitrogens with zero attached hydrogens (tertiary/aromatic N) is 3. The topological polar surface area (TPSA) is 91.4 Å². The van der Waals surface area contributed by atoms with Crippen molar-refractivity contribution < 1.29 is 4.74 Å². The van der Waals surface area contributed by atoms with E-state index in [4.69, 9.17) is 16.2 Å². The molecular formula is C7H13N5O. The number of methoxy groups -OCH3 is 1. The normalized spacial score (nSPS) is 9.62. The average molecular weight is 183 g/mol. The predicted octanol–water partition coefficient (Wildman–Crippen LogP) is -0.835. The molecule has 0 aromatic carbocycles. The SMILES string of the molecule is COc1cnn(CCN=C(N)N)c1. The third-order valence-electron chi connectivity index (χ3n) is 1.47. The Bertz CT molecular complexity index is 289. The number of aromatic nitrogens is 2. The van der Waals surface area contributed by atoms with Crippen LogP contribution in [0.15, 0.2) is 17.4 Å². The largest absolute Gasteiger partial charge is 0.493 e. The van der Waals surface area contributed by atoms with Crippen molar-refractivity contribution in [2.75, 3.05) is 13.7 Å². The molecule has 0 spiro atoms. The van der Waals surface area contributed by atoms with Crippen LogP contribution in [0, 0.1) is 0 Å². The van der Waals surface area contributed by atoms with E-state index in [0.29, 0.717) is 13.1 Å². The number of aliphatic imine (C=N–C) groups is 1. The Hall–Kier alpha value is -1.72. The molecule has 1 heterocycles. The second-order valence-corrected chi connectivity index (χ2v) is 2.45. The van der Waals surface area contributed by atoms with E-state index in [1.54, 1.807) is 24.2 Å². The van der Waals surface area contributed by atoms with E-state index in [9.17, 15) is 0 Å². The Morgan fingerprint density at radius 3 is 3.00 bits per heavy atom. The first-order valence-electron chi connectivity index (χ1n) is 3.84. The molecule has 13 heavy (non-hydrogen) atoms. The highest BCUT2D eigenvalue weighted by Crippen LogP contribution is 2.05. The zero-order valence-electron chi connectivity index (χ0n) is 7.47. The summed E-state index contributed by atoms with van der Waals surface area (Å²) >= 11 is 0. The summed E-state index contributed by atoms with van der Waals surface area (Å²) in [7, 11) is 1.59. The highest BCUT2D eigenvalue weighted by molar-refractivity contribution is 5.75. The van der Waals surface area contributed by atoms with Crippen LogP contribution in [-0.4, -0.2) is 29.4 Å². The van der Waals surface area contributed by atoms with Gasteiger partial charge < -0.3 is 16.2 Å². The first-order chi connectivity index (χ1) is 6.22. The van der Waals surface area contributed by atoms with Crippen molar-refractivity contribution in [3.05, 3.63) is 12.4 Å². The smallest absolute Gasteiger partial charge is 0.185 e. The minimum Gasteiger partial charge on any atom is -0.493 e. The summed E-state index contributed by atoms with van der Waals surface area (Å²) in [4.78, 5) is 3.83. The van der Waals surface area contributed by atoms with Crippen LogP contribution in [0.2, 0.25) is 0 Å². The van der Waals surface area contributed by atoms with Crippen molar-refractivity contribution in [1.82, 2.24) is 9.78 Å². The molecule has 1 aromatic heterocycles. The molecule has 0 fully saturated rings. The van der Waals surface area contributed by atoms with Crippen molar-refractivity contribution in [3.8, 4) is 5.75 Å². The molecule has 0 aliphatic rings. The van der Waals surface area contributed by atoms with Gasteiger partial charge in [-0.15, -0.1) is 0 Å². The lowest BCUT2D eigenvalue weighted by Crippen LogP contribution is -2.23. The molecule has 6 nitrogen and oxygen atoms in total. The summed E-state index contributed by atoms with van der Waals surface area (Å²) in [6.45, 7) is 1.16. The molecular weight excluding hydrogens is 170 g/mol. The van der Waals surface area contributed by atoms with Crippen LogP contribution in [0.4, 0.5) is 0 Å². The van der Waals surface area contributed by atoms with Gasteiger partial charge in [0.2, 0.25) is 0 Å². The van der Waals surface area contributed by atoms with Gasteiger partial charge in [-0.3, -0.25) is 9.67 Å². The monoisotopic (exact) mass is 183 g/mol. The molecule has 0 amide bonds. The minimum absolute atomic E-state index is 0.0964. The van der Waals surface area contributed by atoms with Gasteiger partial charge in [-0.1, -0.05) is 0 Å². The fourth-order valence-corrected chi connectivity index (χ4v) is 0.854. The molecule has 0 radical (unpaired) electrons. The maximum absolute atomic E-state index is 5.16. The van der Waals surface area contributed by atoms with Crippen molar-refractivity contribution in [3.63, 3.8) is 0 Å². The number of nitrogens with two attached hydrogens (primary N) is 2. The van der Waals surface area contributed by atoms with Crippen molar-refractivity contribution >= 4 is 5.96 Å². The lowest BCUT2D eigenvalue weighted by Gasteiger charge is -1.96. The molecule has 0 saturated heterocycles. The standard InChI is InChI=1S/C7H13N5O/c1-13-6-4-11-12(5-6)3-2-10-7(8)9/h4-5H,2-3H2,1H3,(H4,8,9,10). The van der Waals surface area contributed by atoms with E-state index >= 15 is 0 Å². The summed E-state index contributed by atoms with van der Waals surface area (Å²) in [5.74, 6) is 0.823. The number of hydrogen-bond acceptors (Lipinski definition) is 3. The fraction of sp³-hybridized carbons (Fsp3) is 0.429. The van der Waals surface area contributed by atoms with Gasteiger partial charge in [0, 0.05) is 0 Å². The summed E-state index contributed by atoms with van der Waals surface area (Å²) in [5.41, 5.74) is 10.3.